The number of rotatable bonds is 3. The van der Waals surface area contributed by atoms with Gasteiger partial charge in [-0.05, 0) is 19.4 Å². The van der Waals surface area contributed by atoms with Gasteiger partial charge >= 0.3 is 7.60 Å². The summed E-state index contributed by atoms with van der Waals surface area (Å²) in [6.07, 6.45) is 2.03. The monoisotopic (exact) mass is 273 g/mol. The molecule has 0 aliphatic heterocycles. The van der Waals surface area contributed by atoms with Crippen LogP contribution in [0.15, 0.2) is 16.7 Å². The lowest BCUT2D eigenvalue weighted by Gasteiger charge is -2.03. The average molecular weight is 273 g/mol. The normalized spacial score (nSPS) is 12.0. The zero-order valence-electron chi connectivity index (χ0n) is 9.38. The Kier molecular flexibility index (Phi) is 3.23. The molecule has 0 amide bonds. The quantitative estimate of drug-likeness (QED) is 0.836. The summed E-state index contributed by atoms with van der Waals surface area (Å²) in [4.78, 5) is 23.7. The van der Waals surface area contributed by atoms with E-state index in [0.29, 0.717) is 5.69 Å². The highest BCUT2D eigenvalue weighted by Crippen LogP contribution is 2.39. The Morgan fingerprint density at radius 1 is 1.53 bits per heavy atom. The van der Waals surface area contributed by atoms with Crippen molar-refractivity contribution in [2.24, 2.45) is 0 Å². The molecule has 0 aliphatic carbocycles. The van der Waals surface area contributed by atoms with Gasteiger partial charge in [0.2, 0.25) is 0 Å². The zero-order chi connectivity index (χ0) is 12.6. The average Bonchev–Trinajstić information content (AvgIpc) is 2.81. The Morgan fingerprint density at radius 3 is 2.82 bits per heavy atom. The molecule has 0 radical (unpaired) electrons. The Hall–Kier alpha value is -0.940. The Labute approximate surface area is 102 Å². The van der Waals surface area contributed by atoms with Crippen LogP contribution in [0.4, 0.5) is 0 Å². The minimum absolute atomic E-state index is 0.0995. The van der Waals surface area contributed by atoms with Gasteiger partial charge in [0.15, 0.2) is 5.76 Å². The third kappa shape index (κ3) is 2.35. The fourth-order valence-electron chi connectivity index (χ4n) is 1.60. The molecule has 2 rings (SSSR count). The predicted molar refractivity (Wildman–Crippen MR) is 65.6 cm³/mol. The van der Waals surface area contributed by atoms with E-state index >= 15 is 0 Å². The van der Waals surface area contributed by atoms with Gasteiger partial charge < -0.3 is 14.2 Å². The van der Waals surface area contributed by atoms with E-state index in [4.69, 9.17) is 4.42 Å². The van der Waals surface area contributed by atoms with E-state index in [2.05, 4.69) is 4.98 Å². The van der Waals surface area contributed by atoms with Crippen LogP contribution in [-0.2, 0) is 11.0 Å². The van der Waals surface area contributed by atoms with Crippen molar-refractivity contribution in [1.29, 1.82) is 0 Å². The van der Waals surface area contributed by atoms with Crippen LogP contribution in [0.1, 0.15) is 16.8 Å². The second-order valence-corrected chi connectivity index (χ2v) is 6.39. The van der Waals surface area contributed by atoms with Gasteiger partial charge in [-0.25, -0.2) is 4.98 Å². The molecule has 2 N–H and O–H groups in total. The lowest BCUT2D eigenvalue weighted by Crippen LogP contribution is -2.04. The van der Waals surface area contributed by atoms with Gasteiger partial charge in [0.25, 0.3) is 0 Å². The lowest BCUT2D eigenvalue weighted by molar-refractivity contribution is 0.387. The number of hydrogen-bond donors (Lipinski definition) is 2. The van der Waals surface area contributed by atoms with Crippen molar-refractivity contribution in [3.05, 3.63) is 22.2 Å². The van der Waals surface area contributed by atoms with E-state index in [-0.39, 0.29) is 11.1 Å². The first-order valence-electron chi connectivity index (χ1n) is 5.03. The highest BCUT2D eigenvalue weighted by Gasteiger charge is 2.27. The first-order valence-corrected chi connectivity index (χ1v) is 7.46. The van der Waals surface area contributed by atoms with Crippen LogP contribution in [0.25, 0.3) is 11.5 Å². The summed E-state index contributed by atoms with van der Waals surface area (Å²) in [6, 6.07) is 1.30. The standard InChI is InChI=1S/C10H12NO4PS/c1-3-8-9(11-6(2)17-8)10-7(4-5-15-10)16(12,13)14/h4-5H,3H2,1-2H3,(H2,12,13,14). The van der Waals surface area contributed by atoms with Crippen LogP contribution in [0, 0.1) is 6.92 Å². The SMILES string of the molecule is CCc1sc(C)nc1-c1occc1P(=O)(O)O. The smallest absolute Gasteiger partial charge is 0.360 e. The van der Waals surface area contributed by atoms with E-state index < -0.39 is 7.60 Å². The molecule has 0 spiro atoms. The molecule has 0 bridgehead atoms. The van der Waals surface area contributed by atoms with Crippen molar-refractivity contribution < 1.29 is 18.8 Å². The van der Waals surface area contributed by atoms with Crippen LogP contribution in [0.2, 0.25) is 0 Å². The van der Waals surface area contributed by atoms with Gasteiger partial charge in [-0.15, -0.1) is 11.3 Å². The van der Waals surface area contributed by atoms with Crippen molar-refractivity contribution in [3.63, 3.8) is 0 Å². The van der Waals surface area contributed by atoms with Crippen LogP contribution in [0.5, 0.6) is 0 Å². The summed E-state index contributed by atoms with van der Waals surface area (Å²) in [5, 5.41) is 0.752. The van der Waals surface area contributed by atoms with Crippen molar-refractivity contribution >= 4 is 24.2 Å². The number of thiazole rings is 1. The number of aromatic nitrogens is 1. The minimum atomic E-state index is -4.32. The molecule has 2 heterocycles. The first-order chi connectivity index (χ1) is 7.93. The molecule has 92 valence electrons. The van der Waals surface area contributed by atoms with Gasteiger partial charge in [-0.3, -0.25) is 4.57 Å². The Bertz CT molecular complexity index is 583. The molecule has 0 atom stereocenters. The van der Waals surface area contributed by atoms with Gasteiger partial charge in [0.1, 0.15) is 11.0 Å². The largest absolute Gasteiger partial charge is 0.462 e. The maximum absolute atomic E-state index is 11.3. The molecule has 0 aliphatic rings. The van der Waals surface area contributed by atoms with Gasteiger partial charge in [-0.1, -0.05) is 6.92 Å². The predicted octanol–water partition coefficient (Wildman–Crippen LogP) is 2.08. The molecule has 17 heavy (non-hydrogen) atoms. The van der Waals surface area contributed by atoms with E-state index in [1.165, 1.54) is 23.7 Å². The van der Waals surface area contributed by atoms with E-state index in [1.54, 1.807) is 0 Å². The summed E-state index contributed by atoms with van der Waals surface area (Å²) in [5.74, 6) is 0.180. The summed E-state index contributed by atoms with van der Waals surface area (Å²) < 4.78 is 16.5. The number of furan rings is 1. The van der Waals surface area contributed by atoms with E-state index in [9.17, 15) is 14.4 Å². The van der Waals surface area contributed by atoms with Crippen LogP contribution in [-0.4, -0.2) is 14.8 Å². The second-order valence-electron chi connectivity index (χ2n) is 3.54. The van der Waals surface area contributed by atoms with Gasteiger partial charge in [0, 0.05) is 4.88 Å². The van der Waals surface area contributed by atoms with Gasteiger partial charge in [0.05, 0.1) is 11.3 Å². The summed E-state index contributed by atoms with van der Waals surface area (Å²) in [6.45, 7) is 3.82. The Morgan fingerprint density at radius 2 is 2.24 bits per heavy atom. The summed E-state index contributed by atoms with van der Waals surface area (Å²) >= 11 is 1.51. The van der Waals surface area contributed by atoms with Crippen molar-refractivity contribution in [2.45, 2.75) is 20.3 Å². The molecule has 0 saturated heterocycles. The minimum Gasteiger partial charge on any atom is -0.462 e. The second kappa shape index (κ2) is 4.38. The third-order valence-electron chi connectivity index (χ3n) is 2.30. The molecule has 2 aromatic heterocycles. The molecule has 5 nitrogen and oxygen atoms in total. The molecular weight excluding hydrogens is 261 g/mol. The van der Waals surface area contributed by atoms with Crippen LogP contribution >= 0.6 is 18.9 Å². The lowest BCUT2D eigenvalue weighted by atomic mass is 10.2. The molecule has 2 aromatic rings. The molecule has 0 aromatic carbocycles. The maximum atomic E-state index is 11.3. The summed E-state index contributed by atoms with van der Waals surface area (Å²) in [5.41, 5.74) is 0.540. The van der Waals surface area contributed by atoms with Crippen LogP contribution in [0.3, 0.4) is 0 Å². The van der Waals surface area contributed by atoms with Crippen molar-refractivity contribution in [3.8, 4) is 11.5 Å². The topological polar surface area (TPSA) is 83.6 Å². The molecule has 0 unspecified atom stereocenters. The number of aryl methyl sites for hydroxylation is 2. The van der Waals surface area contributed by atoms with Crippen molar-refractivity contribution in [1.82, 2.24) is 4.98 Å². The zero-order valence-corrected chi connectivity index (χ0v) is 11.1. The molecule has 0 saturated carbocycles. The first kappa shape index (κ1) is 12.5. The Balaban J connectivity index is 2.61. The third-order valence-corrected chi connectivity index (χ3v) is 4.39. The van der Waals surface area contributed by atoms with Crippen LogP contribution < -0.4 is 5.30 Å². The molecule has 7 heteroatoms. The summed E-state index contributed by atoms with van der Waals surface area (Å²) in [7, 11) is -4.32. The highest BCUT2D eigenvalue weighted by atomic mass is 32.1. The maximum Gasteiger partial charge on any atom is 0.360 e. The number of nitrogens with zero attached hydrogens (tertiary/aromatic N) is 1. The highest BCUT2D eigenvalue weighted by molar-refractivity contribution is 7.60. The fourth-order valence-corrected chi connectivity index (χ4v) is 3.15. The molecule has 0 fully saturated rings. The van der Waals surface area contributed by atoms with Gasteiger partial charge in [-0.2, -0.15) is 0 Å². The van der Waals surface area contributed by atoms with E-state index in [1.807, 2.05) is 13.8 Å². The molecular formula is C10H12NO4PS. The fraction of sp³-hybridized carbons (Fsp3) is 0.300. The van der Waals surface area contributed by atoms with Crippen molar-refractivity contribution in [2.75, 3.05) is 0 Å². The number of hydrogen-bond acceptors (Lipinski definition) is 4. The van der Waals surface area contributed by atoms with E-state index in [0.717, 1.165) is 16.3 Å².